The fourth-order valence-electron chi connectivity index (χ4n) is 1.73. The van der Waals surface area contributed by atoms with Gasteiger partial charge in [-0.15, -0.1) is 20.1 Å². The van der Waals surface area contributed by atoms with Crippen LogP contribution in [0.3, 0.4) is 0 Å². The summed E-state index contributed by atoms with van der Waals surface area (Å²) in [4.78, 5) is 1.10. The predicted molar refractivity (Wildman–Crippen MR) is 79.7 cm³/mol. The second kappa shape index (κ2) is 5.16. The van der Waals surface area contributed by atoms with Crippen molar-refractivity contribution in [3.05, 3.63) is 37.4 Å². The number of nitrogens with one attached hydrogen (secondary N) is 1. The first-order chi connectivity index (χ1) is 9.43. The van der Waals surface area contributed by atoms with Crippen molar-refractivity contribution in [2.24, 2.45) is 0 Å². The summed E-state index contributed by atoms with van der Waals surface area (Å²) in [6, 6.07) is 6.61. The number of ether oxygens (including phenoxy) is 2. The van der Waals surface area contributed by atoms with Crippen LogP contribution in [0.15, 0.2) is 32.5 Å². The summed E-state index contributed by atoms with van der Waals surface area (Å²) >= 11 is 8.42. The minimum atomic E-state index is -3.58. The van der Waals surface area contributed by atoms with Gasteiger partial charge in [-0.1, -0.05) is 0 Å². The molecule has 1 aliphatic rings. The van der Waals surface area contributed by atoms with E-state index in [0.717, 1.165) is 13.1 Å². The SMILES string of the molecule is FC1(F)Oc2ccc(NCc3cc(Br)c(Br)s3)cc2O1. The van der Waals surface area contributed by atoms with Gasteiger partial charge in [0.15, 0.2) is 11.5 Å². The summed E-state index contributed by atoms with van der Waals surface area (Å²) in [6.45, 7) is 0.588. The van der Waals surface area contributed by atoms with Crippen LogP contribution in [0.5, 0.6) is 11.5 Å². The highest BCUT2D eigenvalue weighted by molar-refractivity contribution is 9.13. The molecule has 0 radical (unpaired) electrons. The molecule has 0 unspecified atom stereocenters. The molecule has 20 heavy (non-hydrogen) atoms. The lowest BCUT2D eigenvalue weighted by atomic mass is 10.3. The van der Waals surface area contributed by atoms with Gasteiger partial charge in [0.1, 0.15) is 0 Å². The Kier molecular flexibility index (Phi) is 3.64. The zero-order valence-electron chi connectivity index (χ0n) is 9.75. The van der Waals surface area contributed by atoms with Crippen LogP contribution >= 0.6 is 43.2 Å². The van der Waals surface area contributed by atoms with Crippen molar-refractivity contribution >= 4 is 48.9 Å². The highest BCUT2D eigenvalue weighted by atomic mass is 79.9. The third-order valence-electron chi connectivity index (χ3n) is 2.56. The van der Waals surface area contributed by atoms with E-state index in [2.05, 4.69) is 46.7 Å². The third kappa shape index (κ3) is 2.91. The van der Waals surface area contributed by atoms with Gasteiger partial charge < -0.3 is 14.8 Å². The first kappa shape index (κ1) is 14.1. The number of benzene rings is 1. The number of hydrogen-bond acceptors (Lipinski definition) is 4. The van der Waals surface area contributed by atoms with Crippen LogP contribution in [0.4, 0.5) is 14.5 Å². The van der Waals surface area contributed by atoms with E-state index in [1.807, 2.05) is 6.07 Å². The van der Waals surface area contributed by atoms with Gasteiger partial charge in [0.05, 0.1) is 3.79 Å². The summed E-state index contributed by atoms with van der Waals surface area (Å²) in [5.74, 6) is 0.0794. The molecule has 0 bridgehead atoms. The Morgan fingerprint density at radius 2 is 1.90 bits per heavy atom. The number of alkyl halides is 2. The summed E-state index contributed by atoms with van der Waals surface area (Å²) in [5.41, 5.74) is 0.686. The number of hydrogen-bond donors (Lipinski definition) is 1. The van der Waals surface area contributed by atoms with E-state index < -0.39 is 6.29 Å². The molecule has 1 aromatic heterocycles. The van der Waals surface area contributed by atoms with E-state index in [-0.39, 0.29) is 11.5 Å². The first-order valence-electron chi connectivity index (χ1n) is 5.50. The van der Waals surface area contributed by atoms with Crippen molar-refractivity contribution in [2.75, 3.05) is 5.32 Å². The lowest BCUT2D eigenvalue weighted by molar-refractivity contribution is -0.286. The summed E-state index contributed by atoms with van der Waals surface area (Å²) < 4.78 is 36.5. The monoisotopic (exact) mass is 425 g/mol. The molecular weight excluding hydrogens is 420 g/mol. The topological polar surface area (TPSA) is 30.5 Å². The summed E-state index contributed by atoms with van der Waals surface area (Å²) in [5, 5.41) is 3.15. The Morgan fingerprint density at radius 1 is 1.15 bits per heavy atom. The highest BCUT2D eigenvalue weighted by Crippen LogP contribution is 2.42. The maximum absolute atomic E-state index is 12.9. The van der Waals surface area contributed by atoms with Gasteiger partial charge in [-0.25, -0.2) is 0 Å². The van der Waals surface area contributed by atoms with Crippen LogP contribution < -0.4 is 14.8 Å². The van der Waals surface area contributed by atoms with Crippen molar-refractivity contribution in [3.63, 3.8) is 0 Å². The molecule has 0 amide bonds. The Bertz CT molecular complexity index is 643. The zero-order valence-corrected chi connectivity index (χ0v) is 13.7. The normalized spacial score (nSPS) is 15.4. The molecular formula is C12H7Br2F2NO2S. The van der Waals surface area contributed by atoms with Crippen molar-refractivity contribution < 1.29 is 18.3 Å². The molecule has 2 heterocycles. The molecule has 0 atom stereocenters. The van der Waals surface area contributed by atoms with Crippen molar-refractivity contribution in [1.29, 1.82) is 0 Å². The Labute approximate surface area is 134 Å². The largest absolute Gasteiger partial charge is 0.586 e. The number of fused-ring (bicyclic) bond motifs is 1. The molecule has 3 rings (SSSR count). The molecule has 106 valence electrons. The van der Waals surface area contributed by atoms with Gasteiger partial charge in [-0.2, -0.15) is 0 Å². The Balaban J connectivity index is 1.70. The molecule has 8 heteroatoms. The molecule has 0 saturated carbocycles. The standard InChI is InChI=1S/C12H7Br2F2NO2S/c13-8-4-7(20-11(8)14)5-17-6-1-2-9-10(3-6)19-12(15,16)18-9/h1-4,17H,5H2. The zero-order chi connectivity index (χ0) is 14.3. The summed E-state index contributed by atoms with van der Waals surface area (Å²) in [7, 11) is 0. The van der Waals surface area contributed by atoms with E-state index in [4.69, 9.17) is 0 Å². The third-order valence-corrected chi connectivity index (χ3v) is 5.82. The number of thiophene rings is 1. The number of anilines is 1. The van der Waals surface area contributed by atoms with Gasteiger partial charge in [0.2, 0.25) is 0 Å². The quantitative estimate of drug-likeness (QED) is 0.730. The van der Waals surface area contributed by atoms with E-state index in [1.165, 1.54) is 12.1 Å². The first-order valence-corrected chi connectivity index (χ1v) is 7.91. The molecule has 1 aliphatic heterocycles. The molecule has 3 nitrogen and oxygen atoms in total. The van der Waals surface area contributed by atoms with Crippen molar-refractivity contribution in [2.45, 2.75) is 12.8 Å². The molecule has 0 saturated heterocycles. The van der Waals surface area contributed by atoms with Crippen LogP contribution in [-0.2, 0) is 6.54 Å². The number of halogens is 4. The fourth-order valence-corrected chi connectivity index (χ4v) is 3.84. The van der Waals surface area contributed by atoms with Gasteiger partial charge in [-0.05, 0) is 50.1 Å². The minimum Gasteiger partial charge on any atom is -0.395 e. The molecule has 1 aromatic carbocycles. The van der Waals surface area contributed by atoms with Gasteiger partial charge in [0, 0.05) is 27.6 Å². The smallest absolute Gasteiger partial charge is 0.395 e. The molecule has 1 N–H and O–H groups in total. The maximum atomic E-state index is 12.9. The molecule has 0 spiro atoms. The average Bonchev–Trinajstić information content (AvgIpc) is 2.84. The fraction of sp³-hybridized carbons (Fsp3) is 0.167. The Hall–Kier alpha value is -0.860. The van der Waals surface area contributed by atoms with Gasteiger partial charge in [-0.3, -0.25) is 0 Å². The molecule has 0 fully saturated rings. The lowest BCUT2D eigenvalue weighted by Crippen LogP contribution is -2.25. The van der Waals surface area contributed by atoms with Gasteiger partial charge in [0.25, 0.3) is 0 Å². The van der Waals surface area contributed by atoms with Crippen LogP contribution in [0.1, 0.15) is 4.88 Å². The van der Waals surface area contributed by atoms with Crippen LogP contribution in [0, 0.1) is 0 Å². The summed E-state index contributed by atoms with van der Waals surface area (Å²) in [6.07, 6.45) is -3.58. The second-order valence-electron chi connectivity index (χ2n) is 4.02. The van der Waals surface area contributed by atoms with Crippen molar-refractivity contribution in [1.82, 2.24) is 0 Å². The number of rotatable bonds is 3. The predicted octanol–water partition coefficient (Wildman–Crippen LogP) is 5.21. The second-order valence-corrected chi connectivity index (χ2v) is 7.33. The minimum absolute atomic E-state index is 0.0357. The average molecular weight is 427 g/mol. The van der Waals surface area contributed by atoms with E-state index in [1.54, 1.807) is 17.4 Å². The van der Waals surface area contributed by atoms with Gasteiger partial charge >= 0.3 is 6.29 Å². The highest BCUT2D eigenvalue weighted by Gasteiger charge is 2.43. The van der Waals surface area contributed by atoms with E-state index >= 15 is 0 Å². The van der Waals surface area contributed by atoms with Crippen LogP contribution in [0.25, 0.3) is 0 Å². The molecule has 2 aromatic rings. The van der Waals surface area contributed by atoms with E-state index in [9.17, 15) is 8.78 Å². The maximum Gasteiger partial charge on any atom is 0.586 e. The van der Waals surface area contributed by atoms with Crippen LogP contribution in [0.2, 0.25) is 0 Å². The molecule has 0 aliphatic carbocycles. The van der Waals surface area contributed by atoms with Crippen molar-refractivity contribution in [3.8, 4) is 11.5 Å². The lowest BCUT2D eigenvalue weighted by Gasteiger charge is -2.05. The van der Waals surface area contributed by atoms with E-state index in [0.29, 0.717) is 12.2 Å². The van der Waals surface area contributed by atoms with Crippen LogP contribution in [-0.4, -0.2) is 6.29 Å². The Morgan fingerprint density at radius 3 is 2.60 bits per heavy atom.